The summed E-state index contributed by atoms with van der Waals surface area (Å²) in [6.45, 7) is -1.04. The van der Waals surface area contributed by atoms with Crippen LogP contribution in [-0.4, -0.2) is 37.3 Å². The van der Waals surface area contributed by atoms with E-state index in [9.17, 15) is 39.9 Å². The van der Waals surface area contributed by atoms with Crippen molar-refractivity contribution in [3.63, 3.8) is 0 Å². The smallest absolute Gasteiger partial charge is 0.340 e. The van der Waals surface area contributed by atoms with Crippen LogP contribution >= 0.6 is 0 Å². The molecule has 0 aliphatic heterocycles. The highest BCUT2D eigenvalue weighted by molar-refractivity contribution is 5.88. The second-order valence-corrected chi connectivity index (χ2v) is 3.69. The Hall–Kier alpha value is -1.35. The summed E-state index contributed by atoms with van der Waals surface area (Å²) in [5.74, 6) is -11.0. The Labute approximate surface area is 108 Å². The molecule has 0 saturated carbocycles. The molecule has 20 heavy (non-hydrogen) atoms. The van der Waals surface area contributed by atoms with Gasteiger partial charge in [-0.25, -0.2) is 22.4 Å². The van der Waals surface area contributed by atoms with Crippen LogP contribution < -0.4 is 0 Å². The Morgan fingerprint density at radius 3 is 1.85 bits per heavy atom. The molecule has 0 heterocycles. The molecule has 0 aromatic rings. The molecule has 0 aliphatic rings. The van der Waals surface area contributed by atoms with Crippen molar-refractivity contribution in [2.75, 3.05) is 6.61 Å². The van der Waals surface area contributed by atoms with Crippen molar-refractivity contribution in [2.24, 2.45) is 0 Å². The summed E-state index contributed by atoms with van der Waals surface area (Å²) in [5, 5.41) is 0. The monoisotopic (exact) mass is 314 g/mol. The van der Waals surface area contributed by atoms with E-state index in [0.29, 0.717) is 6.08 Å². The summed E-state index contributed by atoms with van der Waals surface area (Å²) in [5.41, 5.74) is -1.01. The Morgan fingerprint density at radius 1 is 1.05 bits per heavy atom. The maximum Gasteiger partial charge on any atom is 0.340 e. The highest BCUT2D eigenvalue weighted by atomic mass is 19.3. The average Bonchev–Trinajstić information content (AvgIpc) is 2.32. The van der Waals surface area contributed by atoms with E-state index in [1.54, 1.807) is 0 Å². The lowest BCUT2D eigenvalue weighted by atomic mass is 10.1. The fourth-order valence-electron chi connectivity index (χ4n) is 0.941. The molecule has 0 aromatic heterocycles. The SMILES string of the molecule is CC=C(CC(F)(F)C(F)F)C(=O)OCC(F)(F)C(F)F. The van der Waals surface area contributed by atoms with Crippen molar-refractivity contribution >= 4 is 5.97 Å². The molecule has 0 saturated heterocycles. The fraction of sp³-hybridized carbons (Fsp3) is 0.700. The molecule has 0 radical (unpaired) electrons. The number of alkyl halides is 8. The van der Waals surface area contributed by atoms with Crippen LogP contribution in [0.4, 0.5) is 35.1 Å². The van der Waals surface area contributed by atoms with Gasteiger partial charge in [-0.2, -0.15) is 17.6 Å². The quantitative estimate of drug-likeness (QED) is 0.407. The molecule has 0 aromatic carbocycles. The van der Waals surface area contributed by atoms with Gasteiger partial charge in [0.25, 0.3) is 0 Å². The van der Waals surface area contributed by atoms with Gasteiger partial charge in [-0.15, -0.1) is 0 Å². The molecule has 0 unspecified atom stereocenters. The van der Waals surface area contributed by atoms with Crippen LogP contribution in [0.15, 0.2) is 11.6 Å². The van der Waals surface area contributed by atoms with Crippen molar-refractivity contribution in [2.45, 2.75) is 38.0 Å². The standard InChI is InChI=1S/C10H10F8O2/c1-2-5(3-9(15,16)7(11)12)6(19)20-4-10(17,18)8(13)14/h2,7-8H,3-4H2,1H3. The van der Waals surface area contributed by atoms with E-state index in [1.807, 2.05) is 0 Å². The number of carbonyl (C=O) groups is 1. The van der Waals surface area contributed by atoms with Crippen molar-refractivity contribution in [1.29, 1.82) is 0 Å². The highest BCUT2D eigenvalue weighted by Crippen LogP contribution is 2.31. The summed E-state index contributed by atoms with van der Waals surface area (Å²) in [4.78, 5) is 11.1. The number of esters is 1. The molecular weight excluding hydrogens is 304 g/mol. The third-order valence-electron chi connectivity index (χ3n) is 2.07. The van der Waals surface area contributed by atoms with Gasteiger partial charge in [0.05, 0.1) is 0 Å². The van der Waals surface area contributed by atoms with Crippen LogP contribution in [0, 0.1) is 0 Å². The topological polar surface area (TPSA) is 26.3 Å². The number of carbonyl (C=O) groups excluding carboxylic acids is 1. The first kappa shape index (κ1) is 18.7. The molecule has 0 bridgehead atoms. The van der Waals surface area contributed by atoms with Gasteiger partial charge >= 0.3 is 30.7 Å². The first-order valence-corrected chi connectivity index (χ1v) is 5.08. The predicted molar refractivity (Wildman–Crippen MR) is 51.2 cm³/mol. The van der Waals surface area contributed by atoms with Gasteiger partial charge in [-0.05, 0) is 6.92 Å². The lowest BCUT2D eigenvalue weighted by molar-refractivity contribution is -0.178. The number of ether oxygens (including phenoxy) is 1. The first-order valence-electron chi connectivity index (χ1n) is 5.08. The second kappa shape index (κ2) is 6.89. The van der Waals surface area contributed by atoms with Crippen molar-refractivity contribution < 1.29 is 44.7 Å². The summed E-state index contributed by atoms with van der Waals surface area (Å²) in [6, 6.07) is 0. The van der Waals surface area contributed by atoms with Gasteiger partial charge in [-0.1, -0.05) is 6.08 Å². The molecule has 0 rings (SSSR count). The predicted octanol–water partition coefficient (Wildman–Crippen LogP) is 3.67. The molecule has 0 amide bonds. The lowest BCUT2D eigenvalue weighted by Crippen LogP contribution is -2.34. The van der Waals surface area contributed by atoms with E-state index in [2.05, 4.69) is 4.74 Å². The molecule has 10 heteroatoms. The number of hydrogen-bond acceptors (Lipinski definition) is 2. The van der Waals surface area contributed by atoms with Gasteiger partial charge in [0.2, 0.25) is 0 Å². The molecule has 0 N–H and O–H groups in total. The molecule has 0 aliphatic carbocycles. The van der Waals surface area contributed by atoms with Crippen molar-refractivity contribution in [3.05, 3.63) is 11.6 Å². The molecule has 118 valence electrons. The van der Waals surface area contributed by atoms with E-state index >= 15 is 0 Å². The van der Waals surface area contributed by atoms with Crippen LogP contribution in [0.5, 0.6) is 0 Å². The minimum absolute atomic E-state index is 0.652. The zero-order valence-corrected chi connectivity index (χ0v) is 9.99. The second-order valence-electron chi connectivity index (χ2n) is 3.69. The van der Waals surface area contributed by atoms with E-state index in [1.165, 1.54) is 0 Å². The van der Waals surface area contributed by atoms with Crippen LogP contribution in [0.25, 0.3) is 0 Å². The lowest BCUT2D eigenvalue weighted by Gasteiger charge is -2.18. The van der Waals surface area contributed by atoms with Crippen LogP contribution in [0.2, 0.25) is 0 Å². The normalized spacial score (nSPS) is 14.1. The van der Waals surface area contributed by atoms with Crippen LogP contribution in [0.1, 0.15) is 13.3 Å². The summed E-state index contributed by atoms with van der Waals surface area (Å²) in [6.07, 6.45) is -9.29. The summed E-state index contributed by atoms with van der Waals surface area (Å²) in [7, 11) is 0. The zero-order valence-electron chi connectivity index (χ0n) is 9.99. The van der Waals surface area contributed by atoms with Gasteiger partial charge in [0, 0.05) is 12.0 Å². The van der Waals surface area contributed by atoms with Gasteiger partial charge < -0.3 is 4.74 Å². The largest absolute Gasteiger partial charge is 0.456 e. The Kier molecular flexibility index (Phi) is 6.42. The third-order valence-corrected chi connectivity index (χ3v) is 2.07. The van der Waals surface area contributed by atoms with Gasteiger partial charge in [0.15, 0.2) is 6.61 Å². The minimum Gasteiger partial charge on any atom is -0.456 e. The number of halogens is 8. The molecular formula is C10H10F8O2. The average molecular weight is 314 g/mol. The van der Waals surface area contributed by atoms with E-state index in [0.717, 1.165) is 6.92 Å². The number of rotatable bonds is 7. The highest BCUT2D eigenvalue weighted by Gasteiger charge is 2.44. The van der Waals surface area contributed by atoms with Gasteiger partial charge in [0.1, 0.15) is 0 Å². The first-order chi connectivity index (χ1) is 8.94. The summed E-state index contributed by atoms with van der Waals surface area (Å²) >= 11 is 0. The molecule has 2 nitrogen and oxygen atoms in total. The third kappa shape index (κ3) is 5.33. The maximum absolute atomic E-state index is 12.7. The number of hydrogen-bond donors (Lipinski definition) is 0. The minimum atomic E-state index is -4.65. The Bertz CT molecular complexity index is 364. The Morgan fingerprint density at radius 2 is 1.50 bits per heavy atom. The maximum atomic E-state index is 12.7. The van der Waals surface area contributed by atoms with Crippen LogP contribution in [0.3, 0.4) is 0 Å². The van der Waals surface area contributed by atoms with Crippen LogP contribution in [-0.2, 0) is 9.53 Å². The van der Waals surface area contributed by atoms with Crippen molar-refractivity contribution in [1.82, 2.24) is 0 Å². The van der Waals surface area contributed by atoms with E-state index in [4.69, 9.17) is 0 Å². The van der Waals surface area contributed by atoms with E-state index in [-0.39, 0.29) is 0 Å². The molecule has 0 spiro atoms. The number of allylic oxidation sites excluding steroid dienone is 1. The zero-order chi connectivity index (χ0) is 16.1. The van der Waals surface area contributed by atoms with E-state index < -0.39 is 49.3 Å². The fourth-order valence-corrected chi connectivity index (χ4v) is 0.941. The van der Waals surface area contributed by atoms with Crippen molar-refractivity contribution in [3.8, 4) is 0 Å². The molecule has 0 atom stereocenters. The van der Waals surface area contributed by atoms with Gasteiger partial charge in [-0.3, -0.25) is 0 Å². The Balaban J connectivity index is 4.68. The molecule has 0 fully saturated rings. The summed E-state index contributed by atoms with van der Waals surface area (Å²) < 4.78 is 101.